The van der Waals surface area contributed by atoms with Crippen LogP contribution in [-0.4, -0.2) is 17.3 Å². The third kappa shape index (κ3) is 2.13. The number of benzene rings is 1. The summed E-state index contributed by atoms with van der Waals surface area (Å²) in [6.45, 7) is 0. The SMILES string of the molecule is CSc1cc(-c2cccs2)ccc1C(=O)O. The normalized spacial score (nSPS) is 10.3. The molecule has 4 heteroatoms. The van der Waals surface area contributed by atoms with Crippen molar-refractivity contribution in [2.45, 2.75) is 4.90 Å². The summed E-state index contributed by atoms with van der Waals surface area (Å²) in [5, 5.41) is 11.0. The van der Waals surface area contributed by atoms with E-state index in [-0.39, 0.29) is 0 Å². The van der Waals surface area contributed by atoms with Crippen LogP contribution in [0.5, 0.6) is 0 Å². The van der Waals surface area contributed by atoms with Gasteiger partial charge >= 0.3 is 5.97 Å². The van der Waals surface area contributed by atoms with Crippen LogP contribution in [0.4, 0.5) is 0 Å². The third-order valence-electron chi connectivity index (χ3n) is 2.24. The van der Waals surface area contributed by atoms with E-state index in [0.717, 1.165) is 15.3 Å². The average Bonchev–Trinajstić information content (AvgIpc) is 2.81. The van der Waals surface area contributed by atoms with Crippen molar-refractivity contribution in [3.05, 3.63) is 41.3 Å². The first kappa shape index (κ1) is 11.2. The molecule has 0 spiro atoms. The fourth-order valence-electron chi connectivity index (χ4n) is 1.46. The van der Waals surface area contributed by atoms with E-state index in [0.29, 0.717) is 5.56 Å². The summed E-state index contributed by atoms with van der Waals surface area (Å²) < 4.78 is 0. The Balaban J connectivity index is 2.49. The molecule has 0 unspecified atom stereocenters. The molecule has 2 rings (SSSR count). The van der Waals surface area contributed by atoms with Gasteiger partial charge in [-0.3, -0.25) is 0 Å². The summed E-state index contributed by atoms with van der Waals surface area (Å²) in [5.41, 5.74) is 1.44. The van der Waals surface area contributed by atoms with Gasteiger partial charge in [0.05, 0.1) is 5.56 Å². The number of carbonyl (C=O) groups is 1. The van der Waals surface area contributed by atoms with Crippen LogP contribution in [0.1, 0.15) is 10.4 Å². The van der Waals surface area contributed by atoms with E-state index in [4.69, 9.17) is 5.11 Å². The number of carboxylic acid groups (broad SMARTS) is 1. The molecule has 0 aliphatic rings. The first-order chi connectivity index (χ1) is 7.72. The van der Waals surface area contributed by atoms with Crippen molar-refractivity contribution in [2.75, 3.05) is 6.26 Å². The lowest BCUT2D eigenvalue weighted by Gasteiger charge is -2.05. The van der Waals surface area contributed by atoms with Crippen molar-refractivity contribution in [1.29, 1.82) is 0 Å². The Morgan fingerprint density at radius 3 is 2.75 bits per heavy atom. The molecule has 2 aromatic rings. The van der Waals surface area contributed by atoms with E-state index < -0.39 is 5.97 Å². The van der Waals surface area contributed by atoms with Crippen LogP contribution in [0, 0.1) is 0 Å². The maximum atomic E-state index is 11.0. The molecular weight excluding hydrogens is 240 g/mol. The van der Waals surface area contributed by atoms with Crippen LogP contribution in [0.2, 0.25) is 0 Å². The lowest BCUT2D eigenvalue weighted by Crippen LogP contribution is -1.98. The number of hydrogen-bond acceptors (Lipinski definition) is 3. The van der Waals surface area contributed by atoms with Gasteiger partial charge in [0, 0.05) is 9.77 Å². The lowest BCUT2D eigenvalue weighted by molar-refractivity contribution is 0.0693. The van der Waals surface area contributed by atoms with Gasteiger partial charge in [-0.05, 0) is 35.4 Å². The minimum absolute atomic E-state index is 0.368. The smallest absolute Gasteiger partial charge is 0.336 e. The molecule has 0 fully saturated rings. The molecule has 82 valence electrons. The molecule has 1 aromatic carbocycles. The largest absolute Gasteiger partial charge is 0.478 e. The van der Waals surface area contributed by atoms with Crippen LogP contribution in [0.25, 0.3) is 10.4 Å². The monoisotopic (exact) mass is 250 g/mol. The van der Waals surface area contributed by atoms with Crippen LogP contribution >= 0.6 is 23.1 Å². The van der Waals surface area contributed by atoms with E-state index in [9.17, 15) is 4.79 Å². The maximum absolute atomic E-state index is 11.0. The van der Waals surface area contributed by atoms with Crippen molar-refractivity contribution in [3.8, 4) is 10.4 Å². The first-order valence-electron chi connectivity index (χ1n) is 4.67. The van der Waals surface area contributed by atoms with E-state index >= 15 is 0 Å². The molecule has 1 heterocycles. The Kier molecular flexibility index (Phi) is 3.31. The summed E-state index contributed by atoms with van der Waals surface area (Å²) in [6.07, 6.45) is 1.89. The van der Waals surface area contributed by atoms with Gasteiger partial charge in [-0.2, -0.15) is 0 Å². The summed E-state index contributed by atoms with van der Waals surface area (Å²) in [5.74, 6) is -0.873. The summed E-state index contributed by atoms with van der Waals surface area (Å²) in [4.78, 5) is 12.9. The second-order valence-electron chi connectivity index (χ2n) is 3.20. The highest BCUT2D eigenvalue weighted by Gasteiger charge is 2.10. The molecule has 0 saturated heterocycles. The second kappa shape index (κ2) is 4.72. The Labute approximate surface area is 102 Å². The summed E-state index contributed by atoms with van der Waals surface area (Å²) in [6, 6.07) is 9.48. The predicted octanol–water partition coefficient (Wildman–Crippen LogP) is 3.84. The zero-order valence-corrected chi connectivity index (χ0v) is 10.3. The Morgan fingerprint density at radius 2 is 2.19 bits per heavy atom. The van der Waals surface area contributed by atoms with Crippen LogP contribution in [0.3, 0.4) is 0 Å². The first-order valence-corrected chi connectivity index (χ1v) is 6.78. The van der Waals surface area contributed by atoms with E-state index in [2.05, 4.69) is 0 Å². The van der Waals surface area contributed by atoms with Crippen molar-refractivity contribution in [1.82, 2.24) is 0 Å². The Hall–Kier alpha value is -1.26. The zero-order chi connectivity index (χ0) is 11.5. The van der Waals surface area contributed by atoms with Gasteiger partial charge in [-0.15, -0.1) is 23.1 Å². The molecule has 0 atom stereocenters. The van der Waals surface area contributed by atoms with Crippen molar-refractivity contribution >= 4 is 29.1 Å². The highest BCUT2D eigenvalue weighted by atomic mass is 32.2. The fraction of sp³-hybridized carbons (Fsp3) is 0.0833. The number of hydrogen-bond donors (Lipinski definition) is 1. The molecule has 16 heavy (non-hydrogen) atoms. The molecule has 0 radical (unpaired) electrons. The summed E-state index contributed by atoms with van der Waals surface area (Å²) >= 11 is 3.11. The number of thioether (sulfide) groups is 1. The molecule has 1 aromatic heterocycles. The Morgan fingerprint density at radius 1 is 1.38 bits per heavy atom. The molecule has 1 N–H and O–H groups in total. The molecule has 0 aliphatic carbocycles. The van der Waals surface area contributed by atoms with E-state index in [1.807, 2.05) is 35.9 Å². The predicted molar refractivity (Wildman–Crippen MR) is 68.5 cm³/mol. The minimum atomic E-state index is -0.873. The maximum Gasteiger partial charge on any atom is 0.336 e. The van der Waals surface area contributed by atoms with Gasteiger partial charge in [0.2, 0.25) is 0 Å². The van der Waals surface area contributed by atoms with Gasteiger partial charge in [0.1, 0.15) is 0 Å². The number of carboxylic acids is 1. The van der Waals surface area contributed by atoms with Gasteiger partial charge in [0.15, 0.2) is 0 Å². The second-order valence-corrected chi connectivity index (χ2v) is 4.99. The highest BCUT2D eigenvalue weighted by molar-refractivity contribution is 7.98. The quantitative estimate of drug-likeness (QED) is 0.841. The molecular formula is C12H10O2S2. The van der Waals surface area contributed by atoms with Gasteiger partial charge in [0.25, 0.3) is 0 Å². The minimum Gasteiger partial charge on any atom is -0.478 e. The molecule has 0 saturated carbocycles. The molecule has 0 aliphatic heterocycles. The topological polar surface area (TPSA) is 37.3 Å². The number of aromatic carboxylic acids is 1. The molecule has 0 bridgehead atoms. The van der Waals surface area contributed by atoms with Crippen LogP contribution in [-0.2, 0) is 0 Å². The molecule has 0 amide bonds. The van der Waals surface area contributed by atoms with Crippen molar-refractivity contribution < 1.29 is 9.90 Å². The Bertz CT molecular complexity index is 504. The standard InChI is InChI=1S/C12H10O2S2/c1-15-11-7-8(10-3-2-6-16-10)4-5-9(11)12(13)14/h2-7H,1H3,(H,13,14). The zero-order valence-electron chi connectivity index (χ0n) is 8.64. The number of rotatable bonds is 3. The number of thiophene rings is 1. The van der Waals surface area contributed by atoms with Crippen molar-refractivity contribution in [2.24, 2.45) is 0 Å². The van der Waals surface area contributed by atoms with Gasteiger partial charge in [-0.25, -0.2) is 4.79 Å². The van der Waals surface area contributed by atoms with Crippen molar-refractivity contribution in [3.63, 3.8) is 0 Å². The van der Waals surface area contributed by atoms with Crippen LogP contribution < -0.4 is 0 Å². The average molecular weight is 250 g/mol. The van der Waals surface area contributed by atoms with Gasteiger partial charge < -0.3 is 5.11 Å². The lowest BCUT2D eigenvalue weighted by atomic mass is 10.1. The molecule has 2 nitrogen and oxygen atoms in total. The van der Waals surface area contributed by atoms with E-state index in [1.54, 1.807) is 17.4 Å². The fourth-order valence-corrected chi connectivity index (χ4v) is 2.81. The third-order valence-corrected chi connectivity index (χ3v) is 3.93. The van der Waals surface area contributed by atoms with Gasteiger partial charge in [-0.1, -0.05) is 12.1 Å². The van der Waals surface area contributed by atoms with E-state index in [1.165, 1.54) is 11.8 Å². The summed E-state index contributed by atoms with van der Waals surface area (Å²) in [7, 11) is 0. The highest BCUT2D eigenvalue weighted by Crippen LogP contribution is 2.30. The van der Waals surface area contributed by atoms with Crippen LogP contribution in [0.15, 0.2) is 40.6 Å².